The van der Waals surface area contributed by atoms with E-state index in [1.807, 2.05) is 47.8 Å². The van der Waals surface area contributed by atoms with Crippen LogP contribution in [0.5, 0.6) is 0 Å². The van der Waals surface area contributed by atoms with E-state index in [1.165, 1.54) is 11.5 Å². The summed E-state index contributed by atoms with van der Waals surface area (Å²) in [5.41, 5.74) is 2.80. The maximum Gasteiger partial charge on any atom is 0.268 e. The third-order valence-electron chi connectivity index (χ3n) is 3.08. The highest BCUT2D eigenvalue weighted by atomic mass is 35.5. The summed E-state index contributed by atoms with van der Waals surface area (Å²) < 4.78 is 1.76. The number of aromatic nitrogens is 1. The van der Waals surface area contributed by atoms with Crippen LogP contribution in [-0.4, -0.2) is 3.96 Å². The van der Waals surface area contributed by atoms with E-state index in [0.29, 0.717) is 11.6 Å². The van der Waals surface area contributed by atoms with Gasteiger partial charge < -0.3 is 0 Å². The van der Waals surface area contributed by atoms with Gasteiger partial charge in [-0.25, -0.2) is 0 Å². The first-order valence-corrected chi connectivity index (χ1v) is 7.44. The maximum absolute atomic E-state index is 12.4. The van der Waals surface area contributed by atoms with Crippen LogP contribution in [0, 0.1) is 0 Å². The number of benzene rings is 2. The summed E-state index contributed by atoms with van der Waals surface area (Å²) >= 11 is 7.31. The van der Waals surface area contributed by atoms with Gasteiger partial charge in [0.25, 0.3) is 5.56 Å². The van der Waals surface area contributed by atoms with E-state index in [1.54, 1.807) is 16.1 Å². The van der Waals surface area contributed by atoms with Crippen molar-refractivity contribution >= 4 is 23.1 Å². The molecule has 1 heterocycles. The Morgan fingerprint density at radius 3 is 2.40 bits per heavy atom. The van der Waals surface area contributed by atoms with E-state index in [0.717, 1.165) is 16.7 Å². The molecular weight excluding hydrogens is 290 g/mol. The zero-order valence-corrected chi connectivity index (χ0v) is 12.2. The van der Waals surface area contributed by atoms with Crippen LogP contribution in [0.4, 0.5) is 0 Å². The molecule has 0 aliphatic carbocycles. The fraction of sp³-hybridized carbons (Fsp3) is 0.0625. The molecule has 0 amide bonds. The molecule has 2 aromatic carbocycles. The second-order valence-electron chi connectivity index (χ2n) is 4.47. The number of hydrogen-bond acceptors (Lipinski definition) is 2. The molecule has 20 heavy (non-hydrogen) atoms. The summed E-state index contributed by atoms with van der Waals surface area (Å²) in [6, 6.07) is 17.3. The number of hydrogen-bond donors (Lipinski definition) is 0. The van der Waals surface area contributed by atoms with Crippen LogP contribution in [-0.2, 0) is 6.54 Å². The summed E-state index contributed by atoms with van der Waals surface area (Å²) in [4.78, 5) is 12.4. The molecule has 4 heteroatoms. The van der Waals surface area contributed by atoms with Gasteiger partial charge in [0.15, 0.2) is 0 Å². The molecular formula is C16H12ClNOS. The van der Waals surface area contributed by atoms with Crippen molar-refractivity contribution < 1.29 is 0 Å². The second kappa shape index (κ2) is 5.65. The minimum Gasteiger partial charge on any atom is -0.268 e. The lowest BCUT2D eigenvalue weighted by molar-refractivity contribution is 0.851. The molecule has 0 unspecified atom stereocenters. The van der Waals surface area contributed by atoms with Crippen LogP contribution in [0.3, 0.4) is 0 Å². The zero-order valence-electron chi connectivity index (χ0n) is 10.6. The van der Waals surface area contributed by atoms with E-state index < -0.39 is 0 Å². The minimum atomic E-state index is 0.0428. The molecule has 0 spiro atoms. The lowest BCUT2D eigenvalue weighted by Crippen LogP contribution is -2.15. The highest BCUT2D eigenvalue weighted by Crippen LogP contribution is 2.20. The predicted molar refractivity (Wildman–Crippen MR) is 84.6 cm³/mol. The van der Waals surface area contributed by atoms with Crippen LogP contribution >= 0.6 is 23.1 Å². The van der Waals surface area contributed by atoms with E-state index in [-0.39, 0.29) is 5.56 Å². The first-order valence-electron chi connectivity index (χ1n) is 6.23. The monoisotopic (exact) mass is 301 g/mol. The van der Waals surface area contributed by atoms with Gasteiger partial charge in [0.2, 0.25) is 0 Å². The van der Waals surface area contributed by atoms with Crippen molar-refractivity contribution in [2.45, 2.75) is 6.54 Å². The smallest absolute Gasteiger partial charge is 0.268 e. The van der Waals surface area contributed by atoms with Crippen LogP contribution in [0.2, 0.25) is 5.02 Å². The van der Waals surface area contributed by atoms with Gasteiger partial charge in [-0.1, -0.05) is 65.6 Å². The molecule has 100 valence electrons. The standard InChI is InChI=1S/C16H12ClNOS/c17-14-8-6-13(7-9-14)15-11-20-18(16(15)19)10-12-4-2-1-3-5-12/h1-9,11H,10H2. The Morgan fingerprint density at radius 1 is 1.00 bits per heavy atom. The van der Waals surface area contributed by atoms with Gasteiger partial charge in [-0.05, 0) is 23.3 Å². The lowest BCUT2D eigenvalue weighted by atomic mass is 10.1. The van der Waals surface area contributed by atoms with Crippen molar-refractivity contribution in [1.82, 2.24) is 3.96 Å². The normalized spacial score (nSPS) is 10.7. The van der Waals surface area contributed by atoms with E-state index >= 15 is 0 Å². The van der Waals surface area contributed by atoms with Crippen molar-refractivity contribution in [2.24, 2.45) is 0 Å². The predicted octanol–water partition coefficient (Wildman–Crippen LogP) is 4.28. The molecule has 0 bridgehead atoms. The minimum absolute atomic E-state index is 0.0428. The lowest BCUT2D eigenvalue weighted by Gasteiger charge is -2.00. The molecule has 1 aromatic heterocycles. The molecule has 2 nitrogen and oxygen atoms in total. The summed E-state index contributed by atoms with van der Waals surface area (Å²) in [5.74, 6) is 0. The van der Waals surface area contributed by atoms with Crippen molar-refractivity contribution in [3.8, 4) is 11.1 Å². The van der Waals surface area contributed by atoms with Gasteiger partial charge >= 0.3 is 0 Å². The van der Waals surface area contributed by atoms with Crippen molar-refractivity contribution in [2.75, 3.05) is 0 Å². The van der Waals surface area contributed by atoms with Crippen LogP contribution in [0.25, 0.3) is 11.1 Å². The van der Waals surface area contributed by atoms with E-state index in [2.05, 4.69) is 0 Å². The Labute approximate surface area is 126 Å². The molecule has 0 radical (unpaired) electrons. The molecule has 0 aliphatic rings. The fourth-order valence-electron chi connectivity index (χ4n) is 2.03. The number of nitrogens with zero attached hydrogens (tertiary/aromatic N) is 1. The zero-order chi connectivity index (χ0) is 13.9. The van der Waals surface area contributed by atoms with E-state index in [9.17, 15) is 4.79 Å². The molecule has 0 atom stereocenters. The topological polar surface area (TPSA) is 22.0 Å². The summed E-state index contributed by atoms with van der Waals surface area (Å²) in [5, 5.41) is 2.57. The highest BCUT2D eigenvalue weighted by molar-refractivity contribution is 7.04. The first-order chi connectivity index (χ1) is 9.74. The van der Waals surface area contributed by atoms with Gasteiger partial charge in [-0.15, -0.1) is 0 Å². The molecule has 0 aliphatic heterocycles. The van der Waals surface area contributed by atoms with Crippen molar-refractivity contribution in [3.63, 3.8) is 0 Å². The third kappa shape index (κ3) is 2.69. The van der Waals surface area contributed by atoms with Crippen LogP contribution < -0.4 is 5.56 Å². The molecule has 3 aromatic rings. The summed E-state index contributed by atoms with van der Waals surface area (Å²) in [6.07, 6.45) is 0. The van der Waals surface area contributed by atoms with Crippen molar-refractivity contribution in [1.29, 1.82) is 0 Å². The van der Waals surface area contributed by atoms with Gasteiger partial charge in [0.1, 0.15) is 0 Å². The Morgan fingerprint density at radius 2 is 1.70 bits per heavy atom. The second-order valence-corrected chi connectivity index (χ2v) is 5.79. The van der Waals surface area contributed by atoms with Gasteiger partial charge in [0.05, 0.1) is 12.1 Å². The maximum atomic E-state index is 12.4. The molecule has 3 rings (SSSR count). The molecule has 0 saturated carbocycles. The Kier molecular flexibility index (Phi) is 3.72. The number of halogens is 1. The van der Waals surface area contributed by atoms with Gasteiger partial charge in [-0.3, -0.25) is 8.75 Å². The van der Waals surface area contributed by atoms with Gasteiger partial charge in [0, 0.05) is 10.4 Å². The van der Waals surface area contributed by atoms with E-state index in [4.69, 9.17) is 11.6 Å². The highest BCUT2D eigenvalue weighted by Gasteiger charge is 2.09. The Balaban J connectivity index is 1.93. The first kappa shape index (κ1) is 13.2. The summed E-state index contributed by atoms with van der Waals surface area (Å²) in [7, 11) is 0. The van der Waals surface area contributed by atoms with Gasteiger partial charge in [-0.2, -0.15) is 0 Å². The largest absolute Gasteiger partial charge is 0.268 e. The van der Waals surface area contributed by atoms with Crippen molar-refractivity contribution in [3.05, 3.63) is 80.9 Å². The Hall–Kier alpha value is -1.84. The molecule has 0 saturated heterocycles. The molecule has 0 N–H and O–H groups in total. The molecule has 0 fully saturated rings. The van der Waals surface area contributed by atoms with Crippen LogP contribution in [0.15, 0.2) is 64.8 Å². The summed E-state index contributed by atoms with van der Waals surface area (Å²) in [6.45, 7) is 0.609. The fourth-order valence-corrected chi connectivity index (χ4v) is 3.04. The van der Waals surface area contributed by atoms with Crippen LogP contribution in [0.1, 0.15) is 5.56 Å². The third-order valence-corrected chi connectivity index (χ3v) is 4.22. The quantitative estimate of drug-likeness (QED) is 0.708. The average molecular weight is 302 g/mol. The Bertz CT molecular complexity index is 759. The number of rotatable bonds is 3. The SMILES string of the molecule is O=c1c(-c2ccc(Cl)cc2)csn1Cc1ccccc1. The average Bonchev–Trinajstić information content (AvgIpc) is 2.83.